The maximum atomic E-state index is 12.7. The van der Waals surface area contributed by atoms with Gasteiger partial charge in [-0.2, -0.15) is 0 Å². The van der Waals surface area contributed by atoms with Gasteiger partial charge in [0.2, 0.25) is 5.91 Å². The number of hydrogen-bond acceptors (Lipinski definition) is 4. The minimum atomic E-state index is -0.501. The van der Waals surface area contributed by atoms with E-state index < -0.39 is 11.9 Å². The Balaban J connectivity index is 2.09. The molecular formula is C23H25N5O2. The molecule has 7 nitrogen and oxygen atoms in total. The average Bonchev–Trinajstić information content (AvgIpc) is 2.73. The van der Waals surface area contributed by atoms with Crippen LogP contribution in [0.1, 0.15) is 43.0 Å². The standard InChI is InChI=1S/C23H25N5O2/c1-2-3-5-13-20(29)26-18-12-8-11-16-17(22(30)28-23(24)25)14-19(27-21(16)18)15-9-6-4-7-10-15/h4,6-12,14H,2-3,5,13H2,1H3,(H,26,29)(H4,24,25,28,30). The topological polar surface area (TPSA) is 121 Å². The molecule has 1 heterocycles. The minimum Gasteiger partial charge on any atom is -0.370 e. The summed E-state index contributed by atoms with van der Waals surface area (Å²) in [6, 6.07) is 16.4. The Morgan fingerprint density at radius 3 is 2.53 bits per heavy atom. The largest absolute Gasteiger partial charge is 0.370 e. The van der Waals surface area contributed by atoms with Gasteiger partial charge in [-0.25, -0.2) is 4.98 Å². The van der Waals surface area contributed by atoms with Crippen LogP contribution in [0.4, 0.5) is 5.69 Å². The molecule has 2 amide bonds. The fraction of sp³-hybridized carbons (Fsp3) is 0.217. The molecule has 0 fully saturated rings. The Kier molecular flexibility index (Phi) is 6.75. The monoisotopic (exact) mass is 403 g/mol. The van der Waals surface area contributed by atoms with Gasteiger partial charge >= 0.3 is 0 Å². The molecule has 0 radical (unpaired) electrons. The van der Waals surface area contributed by atoms with Gasteiger partial charge in [-0.15, -0.1) is 0 Å². The fourth-order valence-electron chi connectivity index (χ4n) is 3.23. The van der Waals surface area contributed by atoms with Crippen LogP contribution in [0, 0.1) is 5.41 Å². The van der Waals surface area contributed by atoms with Crippen LogP contribution < -0.4 is 16.4 Å². The van der Waals surface area contributed by atoms with Crippen LogP contribution in [0.25, 0.3) is 22.2 Å². The number of pyridine rings is 1. The Labute approximate surface area is 175 Å². The summed E-state index contributed by atoms with van der Waals surface area (Å²) in [5.74, 6) is -1.03. The molecule has 3 aromatic rings. The number of hydrogen-bond donors (Lipinski definition) is 4. The van der Waals surface area contributed by atoms with Crippen molar-refractivity contribution in [2.45, 2.75) is 32.6 Å². The number of rotatable bonds is 7. The highest BCUT2D eigenvalue weighted by Gasteiger charge is 2.17. The maximum Gasteiger partial charge on any atom is 0.258 e. The summed E-state index contributed by atoms with van der Waals surface area (Å²) in [6.07, 6.45) is 3.29. The highest BCUT2D eigenvalue weighted by atomic mass is 16.2. The van der Waals surface area contributed by atoms with Crippen molar-refractivity contribution in [1.82, 2.24) is 10.3 Å². The van der Waals surface area contributed by atoms with Crippen LogP contribution in [-0.4, -0.2) is 22.8 Å². The number of carbonyl (C=O) groups is 2. The van der Waals surface area contributed by atoms with Crippen LogP contribution in [-0.2, 0) is 4.79 Å². The minimum absolute atomic E-state index is 0.0856. The highest BCUT2D eigenvalue weighted by Crippen LogP contribution is 2.29. The number of carbonyl (C=O) groups excluding carboxylic acids is 2. The number of benzene rings is 2. The Hall–Kier alpha value is -3.74. The van der Waals surface area contributed by atoms with Gasteiger partial charge in [-0.05, 0) is 18.6 Å². The molecule has 2 aromatic carbocycles. The number of fused-ring (bicyclic) bond motifs is 1. The molecule has 1 aromatic heterocycles. The molecule has 0 saturated carbocycles. The highest BCUT2D eigenvalue weighted by molar-refractivity contribution is 6.14. The van der Waals surface area contributed by atoms with Crippen LogP contribution in [0.15, 0.2) is 54.6 Å². The van der Waals surface area contributed by atoms with Crippen LogP contribution >= 0.6 is 0 Å². The van der Waals surface area contributed by atoms with Crippen molar-refractivity contribution in [2.75, 3.05) is 5.32 Å². The number of nitrogens with two attached hydrogens (primary N) is 1. The number of nitrogens with one attached hydrogen (secondary N) is 3. The van der Waals surface area contributed by atoms with E-state index in [9.17, 15) is 9.59 Å². The maximum absolute atomic E-state index is 12.7. The molecule has 30 heavy (non-hydrogen) atoms. The molecule has 3 rings (SSSR count). The van der Waals surface area contributed by atoms with E-state index in [1.807, 2.05) is 30.3 Å². The second kappa shape index (κ2) is 9.65. The van der Waals surface area contributed by atoms with Crippen molar-refractivity contribution in [3.8, 4) is 11.3 Å². The fourth-order valence-corrected chi connectivity index (χ4v) is 3.23. The van der Waals surface area contributed by atoms with Crippen LogP contribution in [0.2, 0.25) is 0 Å². The van der Waals surface area contributed by atoms with E-state index in [1.165, 1.54) is 0 Å². The molecule has 154 valence electrons. The van der Waals surface area contributed by atoms with Gasteiger partial charge in [0.1, 0.15) is 0 Å². The first-order valence-corrected chi connectivity index (χ1v) is 9.94. The van der Waals surface area contributed by atoms with Crippen LogP contribution in [0.5, 0.6) is 0 Å². The first-order valence-electron chi connectivity index (χ1n) is 9.94. The lowest BCUT2D eigenvalue weighted by Crippen LogP contribution is -2.35. The number of nitrogens with zero attached hydrogens (tertiary/aromatic N) is 1. The third-order valence-corrected chi connectivity index (χ3v) is 4.68. The Morgan fingerprint density at radius 1 is 1.07 bits per heavy atom. The lowest BCUT2D eigenvalue weighted by atomic mass is 10.0. The number of anilines is 1. The smallest absolute Gasteiger partial charge is 0.258 e. The zero-order valence-electron chi connectivity index (χ0n) is 16.9. The molecule has 0 aliphatic carbocycles. The Morgan fingerprint density at radius 2 is 1.83 bits per heavy atom. The summed E-state index contributed by atoms with van der Waals surface area (Å²) in [4.78, 5) is 29.8. The predicted octanol–water partition coefficient (Wildman–Crippen LogP) is 4.04. The second-order valence-corrected chi connectivity index (χ2v) is 7.00. The van der Waals surface area contributed by atoms with E-state index in [2.05, 4.69) is 17.6 Å². The van der Waals surface area contributed by atoms with Gasteiger partial charge in [0.25, 0.3) is 5.91 Å². The third-order valence-electron chi connectivity index (χ3n) is 4.68. The van der Waals surface area contributed by atoms with Crippen molar-refractivity contribution in [3.05, 3.63) is 60.2 Å². The lowest BCUT2D eigenvalue weighted by Gasteiger charge is -2.13. The first-order chi connectivity index (χ1) is 14.5. The van der Waals surface area contributed by atoms with E-state index in [0.29, 0.717) is 34.3 Å². The van der Waals surface area contributed by atoms with Crippen molar-refractivity contribution in [3.63, 3.8) is 0 Å². The lowest BCUT2D eigenvalue weighted by molar-refractivity contribution is -0.116. The zero-order valence-corrected chi connectivity index (χ0v) is 16.9. The molecule has 0 aliphatic rings. The predicted molar refractivity (Wildman–Crippen MR) is 119 cm³/mol. The Bertz CT molecular complexity index is 1080. The van der Waals surface area contributed by atoms with Gasteiger partial charge in [0, 0.05) is 17.4 Å². The molecule has 0 bridgehead atoms. The molecule has 0 aliphatic heterocycles. The number of guanidine groups is 1. The number of aromatic nitrogens is 1. The van der Waals surface area contributed by atoms with E-state index in [0.717, 1.165) is 24.8 Å². The van der Waals surface area contributed by atoms with Gasteiger partial charge in [0.05, 0.1) is 22.5 Å². The normalized spacial score (nSPS) is 10.6. The number of para-hydroxylation sites is 1. The summed E-state index contributed by atoms with van der Waals surface area (Å²) in [5, 5.41) is 13.2. The molecule has 0 unspecified atom stereocenters. The van der Waals surface area contributed by atoms with E-state index in [4.69, 9.17) is 16.1 Å². The quantitative estimate of drug-likeness (QED) is 0.270. The molecule has 0 spiro atoms. The SMILES string of the molecule is CCCCCC(=O)Nc1cccc2c(C(=O)NC(=N)N)cc(-c3ccccc3)nc12. The third kappa shape index (κ3) is 5.00. The number of amides is 2. The summed E-state index contributed by atoms with van der Waals surface area (Å²) in [6.45, 7) is 2.09. The summed E-state index contributed by atoms with van der Waals surface area (Å²) < 4.78 is 0. The zero-order chi connectivity index (χ0) is 21.5. The molecule has 0 saturated heterocycles. The second-order valence-electron chi connectivity index (χ2n) is 7.00. The van der Waals surface area contributed by atoms with Gasteiger partial charge < -0.3 is 11.1 Å². The van der Waals surface area contributed by atoms with E-state index in [1.54, 1.807) is 24.3 Å². The van der Waals surface area contributed by atoms with Gasteiger partial charge in [-0.3, -0.25) is 20.3 Å². The molecular weight excluding hydrogens is 378 g/mol. The summed E-state index contributed by atoms with van der Waals surface area (Å²) in [5.41, 5.74) is 8.16. The van der Waals surface area contributed by atoms with Gasteiger partial charge in [0.15, 0.2) is 5.96 Å². The van der Waals surface area contributed by atoms with Crippen molar-refractivity contribution < 1.29 is 9.59 Å². The van der Waals surface area contributed by atoms with Crippen molar-refractivity contribution >= 4 is 34.4 Å². The van der Waals surface area contributed by atoms with Gasteiger partial charge in [-0.1, -0.05) is 62.2 Å². The average molecular weight is 403 g/mol. The summed E-state index contributed by atoms with van der Waals surface area (Å²) in [7, 11) is 0. The molecule has 5 N–H and O–H groups in total. The summed E-state index contributed by atoms with van der Waals surface area (Å²) >= 11 is 0. The van der Waals surface area contributed by atoms with Crippen molar-refractivity contribution in [1.29, 1.82) is 5.41 Å². The number of unbranched alkanes of at least 4 members (excludes halogenated alkanes) is 2. The van der Waals surface area contributed by atoms with Crippen molar-refractivity contribution in [2.24, 2.45) is 5.73 Å². The van der Waals surface area contributed by atoms with E-state index >= 15 is 0 Å². The molecule has 0 atom stereocenters. The molecule has 7 heteroatoms. The first kappa shape index (κ1) is 21.0. The van der Waals surface area contributed by atoms with E-state index in [-0.39, 0.29) is 5.91 Å². The van der Waals surface area contributed by atoms with Crippen LogP contribution in [0.3, 0.4) is 0 Å².